The number of hydrogen-bond acceptors (Lipinski definition) is 1. The summed E-state index contributed by atoms with van der Waals surface area (Å²) in [5, 5.41) is 0.741. The van der Waals surface area contributed by atoms with Gasteiger partial charge in [-0.05, 0) is 27.2 Å². The lowest BCUT2D eigenvalue weighted by molar-refractivity contribution is 0.968. The molecule has 1 heterocycles. The van der Waals surface area contributed by atoms with Gasteiger partial charge in [0.05, 0.1) is 0 Å². The van der Waals surface area contributed by atoms with Crippen LogP contribution >= 0.6 is 11.8 Å². The number of hydrogen-bond donors (Lipinski definition) is 0. The van der Waals surface area contributed by atoms with Crippen LogP contribution in [-0.4, -0.2) is 11.0 Å². The van der Waals surface area contributed by atoms with Gasteiger partial charge in [0.2, 0.25) is 0 Å². The molecule has 1 heteroatoms. The lowest BCUT2D eigenvalue weighted by Crippen LogP contribution is -2.05. The molecule has 0 nitrogen and oxygen atoms in total. The van der Waals surface area contributed by atoms with Gasteiger partial charge in [0.25, 0.3) is 0 Å². The number of thioether (sulfide) groups is 1. The van der Waals surface area contributed by atoms with Crippen LogP contribution < -0.4 is 0 Å². The molecule has 11 heavy (non-hydrogen) atoms. The summed E-state index contributed by atoms with van der Waals surface area (Å²) in [6.45, 7) is 6.58. The third kappa shape index (κ3) is 3.15. The molecule has 0 spiro atoms. The summed E-state index contributed by atoms with van der Waals surface area (Å²) in [4.78, 5) is 0. The maximum atomic E-state index is 2.38. The van der Waals surface area contributed by atoms with Gasteiger partial charge in [-0.15, -0.1) is 11.8 Å². The third-order valence-corrected chi connectivity index (χ3v) is 2.87. The standard InChI is InChI=1S/C10H16S/c1-8(2)6-10-7-9(3)4-5-11-10/h4,6,10H,5,7H2,1-3H3. The Kier molecular flexibility index (Phi) is 3.25. The molecule has 0 amide bonds. The quantitative estimate of drug-likeness (QED) is 0.541. The van der Waals surface area contributed by atoms with Crippen molar-refractivity contribution in [3.63, 3.8) is 0 Å². The Balaban J connectivity index is 2.51. The molecular formula is C10H16S. The second-order valence-electron chi connectivity index (χ2n) is 3.37. The monoisotopic (exact) mass is 168 g/mol. The first-order valence-corrected chi connectivity index (χ1v) is 5.15. The van der Waals surface area contributed by atoms with E-state index in [9.17, 15) is 0 Å². The molecule has 0 aromatic carbocycles. The summed E-state index contributed by atoms with van der Waals surface area (Å²) in [6, 6.07) is 0. The molecule has 1 aliphatic rings. The molecule has 0 bridgehead atoms. The van der Waals surface area contributed by atoms with E-state index in [-0.39, 0.29) is 0 Å². The van der Waals surface area contributed by atoms with Gasteiger partial charge in [-0.3, -0.25) is 0 Å². The van der Waals surface area contributed by atoms with Crippen LogP contribution in [0.25, 0.3) is 0 Å². The van der Waals surface area contributed by atoms with Crippen molar-refractivity contribution in [3.05, 3.63) is 23.3 Å². The Morgan fingerprint density at radius 3 is 2.91 bits per heavy atom. The molecule has 1 atom stereocenters. The molecule has 0 aromatic rings. The van der Waals surface area contributed by atoms with Crippen molar-refractivity contribution in [2.45, 2.75) is 32.4 Å². The maximum absolute atomic E-state index is 2.38. The second kappa shape index (κ2) is 4.01. The third-order valence-electron chi connectivity index (χ3n) is 1.78. The summed E-state index contributed by atoms with van der Waals surface area (Å²) >= 11 is 2.04. The zero-order valence-corrected chi connectivity index (χ0v) is 8.37. The Hall–Kier alpha value is -0.170. The summed E-state index contributed by atoms with van der Waals surface area (Å²) in [5.74, 6) is 1.19. The fourth-order valence-electron chi connectivity index (χ4n) is 1.25. The highest BCUT2D eigenvalue weighted by molar-refractivity contribution is 8.00. The lowest BCUT2D eigenvalue weighted by atomic mass is 10.1. The van der Waals surface area contributed by atoms with Crippen molar-refractivity contribution in [3.8, 4) is 0 Å². The zero-order chi connectivity index (χ0) is 8.27. The zero-order valence-electron chi connectivity index (χ0n) is 7.55. The van der Waals surface area contributed by atoms with Crippen molar-refractivity contribution in [2.75, 3.05) is 5.75 Å². The Labute approximate surface area is 73.8 Å². The molecule has 1 rings (SSSR count). The largest absolute Gasteiger partial charge is 0.150 e. The molecule has 1 aliphatic heterocycles. The van der Waals surface area contributed by atoms with Crippen LogP contribution in [0.5, 0.6) is 0 Å². The molecule has 62 valence electrons. The highest BCUT2D eigenvalue weighted by atomic mass is 32.2. The van der Waals surface area contributed by atoms with E-state index in [0.717, 1.165) is 5.25 Å². The Morgan fingerprint density at radius 1 is 1.64 bits per heavy atom. The lowest BCUT2D eigenvalue weighted by Gasteiger charge is -2.17. The van der Waals surface area contributed by atoms with Gasteiger partial charge in [0, 0.05) is 11.0 Å². The van der Waals surface area contributed by atoms with Crippen LogP contribution in [0, 0.1) is 0 Å². The number of rotatable bonds is 1. The van der Waals surface area contributed by atoms with Gasteiger partial charge in [-0.1, -0.05) is 23.3 Å². The van der Waals surface area contributed by atoms with Gasteiger partial charge in [0.1, 0.15) is 0 Å². The summed E-state index contributed by atoms with van der Waals surface area (Å²) < 4.78 is 0. The van der Waals surface area contributed by atoms with Crippen LogP contribution in [0.3, 0.4) is 0 Å². The average molecular weight is 168 g/mol. The van der Waals surface area contributed by atoms with Crippen LogP contribution in [0.15, 0.2) is 23.3 Å². The van der Waals surface area contributed by atoms with E-state index < -0.39 is 0 Å². The molecule has 0 saturated heterocycles. The van der Waals surface area contributed by atoms with Crippen LogP contribution in [0.1, 0.15) is 27.2 Å². The van der Waals surface area contributed by atoms with Crippen LogP contribution in [-0.2, 0) is 0 Å². The first-order valence-electron chi connectivity index (χ1n) is 4.11. The van der Waals surface area contributed by atoms with E-state index in [1.165, 1.54) is 17.7 Å². The molecule has 0 aliphatic carbocycles. The highest BCUT2D eigenvalue weighted by Crippen LogP contribution is 2.26. The summed E-state index contributed by atoms with van der Waals surface area (Å²) in [5.41, 5.74) is 2.99. The van der Waals surface area contributed by atoms with E-state index in [1.54, 1.807) is 5.57 Å². The fraction of sp³-hybridized carbons (Fsp3) is 0.600. The van der Waals surface area contributed by atoms with Gasteiger partial charge in [0.15, 0.2) is 0 Å². The molecule has 1 unspecified atom stereocenters. The molecule has 0 saturated carbocycles. The highest BCUT2D eigenvalue weighted by Gasteiger charge is 2.09. The first kappa shape index (κ1) is 8.92. The molecule has 0 N–H and O–H groups in total. The van der Waals surface area contributed by atoms with Crippen molar-refractivity contribution >= 4 is 11.8 Å². The molecular weight excluding hydrogens is 152 g/mol. The number of allylic oxidation sites excluding steroid dienone is 2. The Morgan fingerprint density at radius 2 is 2.36 bits per heavy atom. The smallest absolute Gasteiger partial charge is 0.0269 e. The van der Waals surface area contributed by atoms with Crippen molar-refractivity contribution in [2.24, 2.45) is 0 Å². The topological polar surface area (TPSA) is 0 Å². The van der Waals surface area contributed by atoms with Gasteiger partial charge in [-0.25, -0.2) is 0 Å². The minimum absolute atomic E-state index is 0.741. The molecule has 0 aromatic heterocycles. The van der Waals surface area contributed by atoms with Crippen molar-refractivity contribution in [1.82, 2.24) is 0 Å². The predicted octanol–water partition coefficient (Wildman–Crippen LogP) is 3.40. The van der Waals surface area contributed by atoms with E-state index in [4.69, 9.17) is 0 Å². The maximum Gasteiger partial charge on any atom is 0.0269 e. The van der Waals surface area contributed by atoms with E-state index in [1.807, 2.05) is 11.8 Å². The molecule has 0 radical (unpaired) electrons. The van der Waals surface area contributed by atoms with Gasteiger partial charge < -0.3 is 0 Å². The normalized spacial score (nSPS) is 24.3. The second-order valence-corrected chi connectivity index (χ2v) is 4.64. The average Bonchev–Trinajstić information content (AvgIpc) is 1.85. The fourth-order valence-corrected chi connectivity index (χ4v) is 2.63. The Bertz CT molecular complexity index is 185. The van der Waals surface area contributed by atoms with E-state index >= 15 is 0 Å². The van der Waals surface area contributed by atoms with Crippen molar-refractivity contribution in [1.29, 1.82) is 0 Å². The summed E-state index contributed by atoms with van der Waals surface area (Å²) in [7, 11) is 0. The van der Waals surface area contributed by atoms with E-state index in [0.29, 0.717) is 0 Å². The minimum atomic E-state index is 0.741. The van der Waals surface area contributed by atoms with Crippen molar-refractivity contribution < 1.29 is 0 Å². The molecule has 0 fully saturated rings. The minimum Gasteiger partial charge on any atom is -0.150 e. The van der Waals surface area contributed by atoms with Gasteiger partial charge in [-0.2, -0.15) is 0 Å². The van der Waals surface area contributed by atoms with Gasteiger partial charge >= 0.3 is 0 Å². The van der Waals surface area contributed by atoms with Crippen LogP contribution in [0.4, 0.5) is 0 Å². The van der Waals surface area contributed by atoms with Crippen LogP contribution in [0.2, 0.25) is 0 Å². The first-order chi connectivity index (χ1) is 5.18. The predicted molar refractivity (Wildman–Crippen MR) is 54.1 cm³/mol. The van der Waals surface area contributed by atoms with E-state index in [2.05, 4.69) is 32.9 Å². The SMILES string of the molecule is CC(C)=CC1CC(C)=CCS1. The summed E-state index contributed by atoms with van der Waals surface area (Å²) in [6.07, 6.45) is 5.96.